The third-order valence-electron chi connectivity index (χ3n) is 4.36. The van der Waals surface area contributed by atoms with Crippen molar-refractivity contribution in [2.75, 3.05) is 11.9 Å². The van der Waals surface area contributed by atoms with Crippen molar-refractivity contribution < 1.29 is 0 Å². The summed E-state index contributed by atoms with van der Waals surface area (Å²) in [6.07, 6.45) is 10.1. The van der Waals surface area contributed by atoms with Crippen molar-refractivity contribution in [1.29, 1.82) is 0 Å². The fourth-order valence-electron chi connectivity index (χ4n) is 3.08. The Kier molecular flexibility index (Phi) is 4.05. The highest BCUT2D eigenvalue weighted by Gasteiger charge is 2.18. The zero-order chi connectivity index (χ0) is 13.8. The number of anilines is 1. The number of rotatable bonds is 3. The van der Waals surface area contributed by atoms with E-state index in [0.29, 0.717) is 6.04 Å². The van der Waals surface area contributed by atoms with Gasteiger partial charge in [0.05, 0.1) is 6.20 Å². The van der Waals surface area contributed by atoms with Gasteiger partial charge in [-0.3, -0.25) is 0 Å². The molecule has 20 heavy (non-hydrogen) atoms. The molecule has 0 amide bonds. The second-order valence-electron chi connectivity index (χ2n) is 5.74. The number of nitrogens with zero attached hydrogens (tertiary/aromatic N) is 2. The molecule has 0 saturated heterocycles. The average molecular weight is 269 g/mol. The normalized spacial score (nSPS) is 16.9. The molecular weight excluding hydrogens is 246 g/mol. The van der Waals surface area contributed by atoms with Gasteiger partial charge in [-0.25, -0.2) is 4.98 Å². The third kappa shape index (κ3) is 2.87. The topological polar surface area (TPSA) is 31.9 Å². The maximum absolute atomic E-state index is 4.53. The molecule has 3 rings (SSSR count). The summed E-state index contributed by atoms with van der Waals surface area (Å²) in [7, 11) is 2.19. The fourth-order valence-corrected chi connectivity index (χ4v) is 3.08. The van der Waals surface area contributed by atoms with Gasteiger partial charge in [0.2, 0.25) is 0 Å². The van der Waals surface area contributed by atoms with E-state index in [1.807, 2.05) is 24.4 Å². The van der Waals surface area contributed by atoms with Crippen LogP contribution in [0, 0.1) is 0 Å². The summed E-state index contributed by atoms with van der Waals surface area (Å²) in [5.74, 6) is 2.09. The summed E-state index contributed by atoms with van der Waals surface area (Å²) in [6.45, 7) is 0. The Bertz CT molecular complexity index is 524. The number of H-pyrrole nitrogens is 1. The Morgan fingerprint density at radius 2 is 1.75 bits per heavy atom. The highest BCUT2D eigenvalue weighted by molar-refractivity contribution is 5.58. The molecule has 1 aromatic carbocycles. The summed E-state index contributed by atoms with van der Waals surface area (Å²) >= 11 is 0. The molecule has 1 heterocycles. The summed E-state index contributed by atoms with van der Waals surface area (Å²) < 4.78 is 0. The van der Waals surface area contributed by atoms with Crippen LogP contribution in [-0.4, -0.2) is 23.1 Å². The van der Waals surface area contributed by atoms with E-state index in [0.717, 1.165) is 17.2 Å². The SMILES string of the molecule is CN(c1cnc(-c2ccccc2)[nH]1)C1CCCCCC1. The third-order valence-corrected chi connectivity index (χ3v) is 4.36. The number of imidazole rings is 1. The van der Waals surface area contributed by atoms with E-state index in [2.05, 4.69) is 34.0 Å². The standard InChI is InChI=1S/C17H23N3/c1-20(15-11-7-2-3-8-12-15)16-13-18-17(19-16)14-9-5-4-6-10-14/h4-6,9-10,13,15H,2-3,7-8,11-12H2,1H3,(H,18,19). The smallest absolute Gasteiger partial charge is 0.138 e. The van der Waals surface area contributed by atoms with Crippen LogP contribution in [-0.2, 0) is 0 Å². The van der Waals surface area contributed by atoms with E-state index >= 15 is 0 Å². The minimum Gasteiger partial charge on any atom is -0.357 e. The van der Waals surface area contributed by atoms with Gasteiger partial charge in [-0.2, -0.15) is 0 Å². The Morgan fingerprint density at radius 3 is 2.45 bits per heavy atom. The van der Waals surface area contributed by atoms with Gasteiger partial charge in [0.1, 0.15) is 11.6 Å². The van der Waals surface area contributed by atoms with Crippen LogP contribution < -0.4 is 4.90 Å². The maximum Gasteiger partial charge on any atom is 0.138 e. The van der Waals surface area contributed by atoms with E-state index in [4.69, 9.17) is 0 Å². The van der Waals surface area contributed by atoms with Gasteiger partial charge < -0.3 is 9.88 Å². The zero-order valence-electron chi connectivity index (χ0n) is 12.2. The van der Waals surface area contributed by atoms with Crippen molar-refractivity contribution in [2.24, 2.45) is 0 Å². The van der Waals surface area contributed by atoms with Crippen LogP contribution in [0.25, 0.3) is 11.4 Å². The molecule has 1 aromatic heterocycles. The van der Waals surface area contributed by atoms with Crippen molar-refractivity contribution in [2.45, 2.75) is 44.6 Å². The molecule has 1 fully saturated rings. The van der Waals surface area contributed by atoms with Crippen LogP contribution in [0.3, 0.4) is 0 Å². The van der Waals surface area contributed by atoms with Gasteiger partial charge in [0.25, 0.3) is 0 Å². The van der Waals surface area contributed by atoms with Crippen LogP contribution >= 0.6 is 0 Å². The van der Waals surface area contributed by atoms with Crippen molar-refractivity contribution in [3.63, 3.8) is 0 Å². The lowest BCUT2D eigenvalue weighted by atomic mass is 10.1. The maximum atomic E-state index is 4.53. The van der Waals surface area contributed by atoms with E-state index in [-0.39, 0.29) is 0 Å². The molecule has 1 saturated carbocycles. The lowest BCUT2D eigenvalue weighted by molar-refractivity contribution is 0.550. The molecule has 0 radical (unpaired) electrons. The minimum absolute atomic E-state index is 0.654. The van der Waals surface area contributed by atoms with Crippen molar-refractivity contribution in [1.82, 2.24) is 9.97 Å². The van der Waals surface area contributed by atoms with Gasteiger partial charge in [-0.05, 0) is 12.8 Å². The summed E-state index contributed by atoms with van der Waals surface area (Å²) in [6, 6.07) is 11.0. The predicted octanol–water partition coefficient (Wildman–Crippen LogP) is 4.24. The molecule has 0 spiro atoms. The number of aromatic nitrogens is 2. The van der Waals surface area contributed by atoms with E-state index in [1.165, 1.54) is 38.5 Å². The number of nitrogens with one attached hydrogen (secondary N) is 1. The van der Waals surface area contributed by atoms with Gasteiger partial charge in [0, 0.05) is 18.7 Å². The molecule has 0 aliphatic heterocycles. The summed E-state index contributed by atoms with van der Waals surface area (Å²) in [4.78, 5) is 10.4. The molecular formula is C17H23N3. The van der Waals surface area contributed by atoms with E-state index in [9.17, 15) is 0 Å². The van der Waals surface area contributed by atoms with E-state index < -0.39 is 0 Å². The van der Waals surface area contributed by atoms with Crippen molar-refractivity contribution >= 4 is 5.82 Å². The number of benzene rings is 1. The van der Waals surface area contributed by atoms with Crippen LogP contribution in [0.2, 0.25) is 0 Å². The van der Waals surface area contributed by atoms with Crippen LogP contribution in [0.4, 0.5) is 5.82 Å². The highest BCUT2D eigenvalue weighted by Crippen LogP contribution is 2.26. The minimum atomic E-state index is 0.654. The largest absolute Gasteiger partial charge is 0.357 e. The van der Waals surface area contributed by atoms with Gasteiger partial charge in [0.15, 0.2) is 0 Å². The lowest BCUT2D eigenvalue weighted by Crippen LogP contribution is -2.31. The molecule has 0 atom stereocenters. The first-order chi connectivity index (χ1) is 9.84. The molecule has 1 aliphatic rings. The van der Waals surface area contributed by atoms with Crippen molar-refractivity contribution in [3.05, 3.63) is 36.5 Å². The highest BCUT2D eigenvalue weighted by atomic mass is 15.2. The molecule has 1 aliphatic carbocycles. The quantitative estimate of drug-likeness (QED) is 0.845. The Morgan fingerprint density at radius 1 is 1.05 bits per heavy atom. The van der Waals surface area contributed by atoms with Crippen LogP contribution in [0.5, 0.6) is 0 Å². The Labute approximate surface area is 121 Å². The number of hydrogen-bond acceptors (Lipinski definition) is 2. The lowest BCUT2D eigenvalue weighted by Gasteiger charge is -2.27. The van der Waals surface area contributed by atoms with Crippen molar-refractivity contribution in [3.8, 4) is 11.4 Å². The summed E-state index contributed by atoms with van der Waals surface area (Å²) in [5, 5.41) is 0. The number of aromatic amines is 1. The zero-order valence-corrected chi connectivity index (χ0v) is 12.2. The average Bonchev–Trinajstić information content (AvgIpc) is 2.83. The van der Waals surface area contributed by atoms with Crippen LogP contribution in [0.1, 0.15) is 38.5 Å². The first-order valence-electron chi connectivity index (χ1n) is 7.68. The molecule has 3 nitrogen and oxygen atoms in total. The molecule has 3 heteroatoms. The Hall–Kier alpha value is -1.77. The monoisotopic (exact) mass is 269 g/mol. The molecule has 0 unspecified atom stereocenters. The summed E-state index contributed by atoms with van der Waals surface area (Å²) in [5.41, 5.74) is 1.15. The van der Waals surface area contributed by atoms with E-state index in [1.54, 1.807) is 0 Å². The van der Waals surface area contributed by atoms with Gasteiger partial charge in [-0.1, -0.05) is 56.0 Å². The first-order valence-corrected chi connectivity index (χ1v) is 7.68. The molecule has 0 bridgehead atoms. The molecule has 1 N–H and O–H groups in total. The first kappa shape index (κ1) is 13.2. The van der Waals surface area contributed by atoms with Gasteiger partial charge in [-0.15, -0.1) is 0 Å². The van der Waals surface area contributed by atoms with Gasteiger partial charge >= 0.3 is 0 Å². The number of hydrogen-bond donors (Lipinski definition) is 1. The molecule has 106 valence electrons. The molecule has 2 aromatic rings. The second kappa shape index (κ2) is 6.12. The van der Waals surface area contributed by atoms with Crippen LogP contribution in [0.15, 0.2) is 36.5 Å². The fraction of sp³-hybridized carbons (Fsp3) is 0.471. The second-order valence-corrected chi connectivity index (χ2v) is 5.74. The predicted molar refractivity (Wildman–Crippen MR) is 83.9 cm³/mol. The Balaban J connectivity index is 1.75.